The van der Waals surface area contributed by atoms with Crippen molar-refractivity contribution in [2.24, 2.45) is 0 Å². The molecule has 0 aliphatic heterocycles. The number of hydrogen-bond donors (Lipinski definition) is 1. The van der Waals surface area contributed by atoms with Gasteiger partial charge in [-0.2, -0.15) is 0 Å². The van der Waals surface area contributed by atoms with Crippen LogP contribution in [0, 0.1) is 12.7 Å². The van der Waals surface area contributed by atoms with Crippen LogP contribution in [0.25, 0.3) is 0 Å². The van der Waals surface area contributed by atoms with Crippen LogP contribution in [0.2, 0.25) is 5.02 Å². The molecule has 0 radical (unpaired) electrons. The minimum Gasteiger partial charge on any atom is -0.352 e. The lowest BCUT2D eigenvalue weighted by molar-refractivity contribution is -0.139. The number of nitrogens with one attached hydrogen (secondary N) is 1. The Hall–Kier alpha value is -2.65. The topological polar surface area (TPSA) is 86.8 Å². The lowest BCUT2D eigenvalue weighted by atomic mass is 10.1. The Morgan fingerprint density at radius 2 is 1.74 bits per heavy atom. The SMILES string of the molecule is CC[C@@H](C)NC(=O)[C@@H](C)N(Cc1ccc(F)cc1)C(=O)CN(c1ccc(C)c(Cl)c1)S(C)(=O)=O. The molecule has 0 saturated carbocycles. The van der Waals surface area contributed by atoms with E-state index < -0.39 is 34.3 Å². The quantitative estimate of drug-likeness (QED) is 0.524. The number of hydrogen-bond acceptors (Lipinski definition) is 4. The molecule has 0 aromatic heterocycles. The highest BCUT2D eigenvalue weighted by Gasteiger charge is 2.30. The van der Waals surface area contributed by atoms with Gasteiger partial charge in [0.2, 0.25) is 21.8 Å². The molecule has 7 nitrogen and oxygen atoms in total. The first-order chi connectivity index (χ1) is 15.8. The summed E-state index contributed by atoms with van der Waals surface area (Å²) in [5.74, 6) is -1.38. The highest BCUT2D eigenvalue weighted by molar-refractivity contribution is 7.92. The number of nitrogens with zero attached hydrogens (tertiary/aromatic N) is 2. The lowest BCUT2D eigenvalue weighted by Gasteiger charge is -2.32. The number of amides is 2. The van der Waals surface area contributed by atoms with Crippen LogP contribution in [0.4, 0.5) is 10.1 Å². The largest absolute Gasteiger partial charge is 0.352 e. The van der Waals surface area contributed by atoms with Crippen molar-refractivity contribution in [3.8, 4) is 0 Å². The number of rotatable bonds is 10. The molecule has 0 unspecified atom stereocenters. The molecule has 2 atom stereocenters. The number of anilines is 1. The molecule has 1 N–H and O–H groups in total. The third-order valence-electron chi connectivity index (χ3n) is 5.56. The Labute approximate surface area is 205 Å². The first-order valence-electron chi connectivity index (χ1n) is 10.9. The fraction of sp³-hybridized carbons (Fsp3) is 0.417. The van der Waals surface area contributed by atoms with Gasteiger partial charge in [-0.1, -0.05) is 36.7 Å². The van der Waals surface area contributed by atoms with E-state index >= 15 is 0 Å². The highest BCUT2D eigenvalue weighted by Crippen LogP contribution is 2.25. The third-order valence-corrected chi connectivity index (χ3v) is 7.10. The second kappa shape index (κ2) is 11.7. The average molecular weight is 512 g/mol. The molecule has 0 fully saturated rings. The van der Waals surface area contributed by atoms with Gasteiger partial charge < -0.3 is 10.2 Å². The molecule has 0 aliphatic carbocycles. The average Bonchev–Trinajstić information content (AvgIpc) is 2.77. The second-order valence-corrected chi connectivity index (χ2v) is 10.7. The van der Waals surface area contributed by atoms with Gasteiger partial charge in [-0.3, -0.25) is 13.9 Å². The number of aryl methyl sites for hydroxylation is 1. The minimum absolute atomic E-state index is 0.000458. The van der Waals surface area contributed by atoms with Gasteiger partial charge in [-0.05, 0) is 62.6 Å². The molecule has 0 heterocycles. The Bertz CT molecular complexity index is 1130. The minimum atomic E-state index is -3.85. The number of carbonyl (C=O) groups excluding carboxylic acids is 2. The second-order valence-electron chi connectivity index (χ2n) is 8.35. The van der Waals surface area contributed by atoms with Gasteiger partial charge in [0.05, 0.1) is 11.9 Å². The molecule has 2 aromatic carbocycles. The van der Waals surface area contributed by atoms with Crippen LogP contribution >= 0.6 is 11.6 Å². The van der Waals surface area contributed by atoms with Crippen molar-refractivity contribution in [2.75, 3.05) is 17.1 Å². The van der Waals surface area contributed by atoms with E-state index in [2.05, 4.69) is 5.32 Å². The van der Waals surface area contributed by atoms with Crippen LogP contribution in [0.1, 0.15) is 38.3 Å². The van der Waals surface area contributed by atoms with E-state index in [4.69, 9.17) is 11.6 Å². The van der Waals surface area contributed by atoms with Crippen molar-refractivity contribution in [3.63, 3.8) is 0 Å². The van der Waals surface area contributed by atoms with Crippen molar-refractivity contribution >= 4 is 39.1 Å². The zero-order chi connectivity index (χ0) is 25.6. The van der Waals surface area contributed by atoms with Gasteiger partial charge in [-0.15, -0.1) is 0 Å². The van der Waals surface area contributed by atoms with Crippen LogP contribution in [0.3, 0.4) is 0 Å². The highest BCUT2D eigenvalue weighted by atomic mass is 35.5. The normalized spacial score (nSPS) is 13.1. The number of halogens is 2. The van der Waals surface area contributed by atoms with Gasteiger partial charge in [0.25, 0.3) is 0 Å². The van der Waals surface area contributed by atoms with E-state index in [0.29, 0.717) is 17.0 Å². The van der Waals surface area contributed by atoms with Crippen molar-refractivity contribution in [3.05, 3.63) is 64.4 Å². The first kappa shape index (κ1) is 27.6. The van der Waals surface area contributed by atoms with Crippen molar-refractivity contribution in [1.29, 1.82) is 0 Å². The van der Waals surface area contributed by atoms with Crippen LogP contribution in [0.5, 0.6) is 0 Å². The van der Waals surface area contributed by atoms with E-state index in [1.807, 2.05) is 13.8 Å². The third kappa shape index (κ3) is 7.43. The summed E-state index contributed by atoms with van der Waals surface area (Å²) in [5, 5.41) is 3.21. The van der Waals surface area contributed by atoms with Gasteiger partial charge in [0, 0.05) is 17.6 Å². The smallest absolute Gasteiger partial charge is 0.244 e. The molecule has 2 aromatic rings. The van der Waals surface area contributed by atoms with Gasteiger partial charge >= 0.3 is 0 Å². The Kier molecular flexibility index (Phi) is 9.46. The number of carbonyl (C=O) groups is 2. The summed E-state index contributed by atoms with van der Waals surface area (Å²) in [6, 6.07) is 9.28. The molecule has 0 saturated heterocycles. The van der Waals surface area contributed by atoms with Crippen molar-refractivity contribution < 1.29 is 22.4 Å². The van der Waals surface area contributed by atoms with Gasteiger partial charge in [0.15, 0.2) is 0 Å². The zero-order valence-electron chi connectivity index (χ0n) is 20.0. The predicted octanol–water partition coefficient (Wildman–Crippen LogP) is 3.89. The van der Waals surface area contributed by atoms with Crippen LogP contribution in [0.15, 0.2) is 42.5 Å². The summed E-state index contributed by atoms with van der Waals surface area (Å²) in [4.78, 5) is 27.5. The zero-order valence-corrected chi connectivity index (χ0v) is 21.6. The molecule has 2 amide bonds. The Morgan fingerprint density at radius 3 is 2.26 bits per heavy atom. The van der Waals surface area contributed by atoms with E-state index in [1.165, 1.54) is 35.2 Å². The van der Waals surface area contributed by atoms with Crippen LogP contribution in [-0.4, -0.2) is 50.0 Å². The predicted molar refractivity (Wildman–Crippen MR) is 133 cm³/mol. The summed E-state index contributed by atoms with van der Waals surface area (Å²) in [5.41, 5.74) is 1.60. The van der Waals surface area contributed by atoms with Gasteiger partial charge in [-0.25, -0.2) is 12.8 Å². The molecular weight excluding hydrogens is 481 g/mol. The monoisotopic (exact) mass is 511 g/mol. The summed E-state index contributed by atoms with van der Waals surface area (Å²) < 4.78 is 39.5. The maximum Gasteiger partial charge on any atom is 0.244 e. The Morgan fingerprint density at radius 1 is 1.12 bits per heavy atom. The van der Waals surface area contributed by atoms with Crippen molar-refractivity contribution in [2.45, 2.75) is 52.7 Å². The lowest BCUT2D eigenvalue weighted by Crippen LogP contribution is -2.52. The molecule has 2 rings (SSSR count). The summed E-state index contributed by atoms with van der Waals surface area (Å²) in [6.45, 7) is 6.61. The molecule has 186 valence electrons. The standard InChI is InChI=1S/C24H31ClFN3O4S/c1-6-17(3)27-24(31)18(4)28(14-19-8-10-20(26)11-9-19)23(30)15-29(34(5,32)33)21-12-7-16(2)22(25)13-21/h7-13,17-18H,6,14-15H2,1-5H3,(H,27,31)/t17-,18-/m1/s1. The molecule has 0 spiro atoms. The molecule has 34 heavy (non-hydrogen) atoms. The first-order valence-corrected chi connectivity index (χ1v) is 13.1. The molecule has 0 aliphatic rings. The van der Waals surface area contributed by atoms with Crippen LogP contribution < -0.4 is 9.62 Å². The van der Waals surface area contributed by atoms with E-state index in [1.54, 1.807) is 26.0 Å². The molecule has 0 bridgehead atoms. The fourth-order valence-corrected chi connectivity index (χ4v) is 4.20. The summed E-state index contributed by atoms with van der Waals surface area (Å²) in [7, 11) is -3.85. The molecule has 10 heteroatoms. The molecular formula is C24H31ClFN3O4S. The maximum atomic E-state index is 13.4. The summed E-state index contributed by atoms with van der Waals surface area (Å²) in [6.07, 6.45) is 1.71. The van der Waals surface area contributed by atoms with Gasteiger partial charge in [0.1, 0.15) is 18.4 Å². The maximum absolute atomic E-state index is 13.4. The van der Waals surface area contributed by atoms with Crippen molar-refractivity contribution in [1.82, 2.24) is 10.2 Å². The fourth-order valence-electron chi connectivity index (χ4n) is 3.19. The van der Waals surface area contributed by atoms with E-state index in [9.17, 15) is 22.4 Å². The van der Waals surface area contributed by atoms with Crippen LogP contribution in [-0.2, 0) is 26.2 Å². The van der Waals surface area contributed by atoms with E-state index in [-0.39, 0.29) is 24.2 Å². The Balaban J connectivity index is 2.39. The summed E-state index contributed by atoms with van der Waals surface area (Å²) >= 11 is 6.18. The number of sulfonamides is 1. The number of benzene rings is 2. The van der Waals surface area contributed by atoms with E-state index in [0.717, 1.165) is 16.1 Å².